The van der Waals surface area contributed by atoms with E-state index >= 15 is 0 Å². The van der Waals surface area contributed by atoms with Crippen molar-refractivity contribution in [1.29, 1.82) is 0 Å². The molecule has 0 aliphatic heterocycles. The van der Waals surface area contributed by atoms with Crippen molar-refractivity contribution in [3.8, 4) is 0 Å². The van der Waals surface area contributed by atoms with Crippen molar-refractivity contribution in [3.05, 3.63) is 25.1 Å². The summed E-state index contributed by atoms with van der Waals surface area (Å²) in [5.41, 5.74) is 0. The van der Waals surface area contributed by atoms with Crippen molar-refractivity contribution in [2.24, 2.45) is 0 Å². The van der Waals surface area contributed by atoms with Crippen molar-refractivity contribution in [2.75, 3.05) is 0 Å². The van der Waals surface area contributed by atoms with Gasteiger partial charge in [0.25, 0.3) is 0 Å². The average Bonchev–Trinajstić information content (AvgIpc) is 1.85. The summed E-state index contributed by atoms with van der Waals surface area (Å²) in [4.78, 5) is 0. The van der Waals surface area contributed by atoms with E-state index in [4.69, 9.17) is 0 Å². The van der Waals surface area contributed by atoms with Gasteiger partial charge in [0.2, 0.25) is 0 Å². The van der Waals surface area contributed by atoms with E-state index in [2.05, 4.69) is 6.58 Å². The molecule has 52 valence electrons. The maximum absolute atomic E-state index is 12.2. The van der Waals surface area contributed by atoms with Crippen LogP contribution in [-0.4, -0.2) is 6.17 Å². The minimum Gasteiger partial charge on any atom is -0.243 e. The fourth-order valence-electron chi connectivity index (χ4n) is 0.452. The largest absolute Gasteiger partial charge is 0.243 e. The Morgan fingerprint density at radius 1 is 1.56 bits per heavy atom. The highest BCUT2D eigenvalue weighted by Crippen LogP contribution is 2.03. The monoisotopic (exact) mass is 132 g/mol. The Hall–Kier alpha value is -0.660. The molecule has 1 unspecified atom stereocenters. The predicted octanol–water partition coefficient (Wildman–Crippen LogP) is 2.77. The van der Waals surface area contributed by atoms with Gasteiger partial charge in [-0.2, -0.15) is 0 Å². The maximum Gasteiger partial charge on any atom is 0.121 e. The SMILES string of the molecule is C=CCCC(F)/C=C/F. The van der Waals surface area contributed by atoms with Gasteiger partial charge in [0.05, 0.1) is 6.33 Å². The first-order valence-corrected chi connectivity index (χ1v) is 2.83. The normalized spacial score (nSPS) is 14.0. The minimum atomic E-state index is -1.16. The van der Waals surface area contributed by atoms with E-state index in [0.29, 0.717) is 12.8 Å². The third-order valence-electron chi connectivity index (χ3n) is 0.928. The summed E-state index contributed by atoms with van der Waals surface area (Å²) in [5, 5.41) is 0. The molecule has 2 heteroatoms. The number of allylic oxidation sites excluding steroid dienone is 2. The molecule has 0 aromatic rings. The van der Waals surface area contributed by atoms with Crippen molar-refractivity contribution in [1.82, 2.24) is 0 Å². The summed E-state index contributed by atoms with van der Waals surface area (Å²) in [6.45, 7) is 3.41. The van der Waals surface area contributed by atoms with E-state index in [1.807, 2.05) is 0 Å². The number of rotatable bonds is 4. The van der Waals surface area contributed by atoms with Crippen molar-refractivity contribution < 1.29 is 8.78 Å². The maximum atomic E-state index is 12.2. The van der Waals surface area contributed by atoms with E-state index in [0.717, 1.165) is 6.08 Å². The lowest BCUT2D eigenvalue weighted by Gasteiger charge is -1.95. The van der Waals surface area contributed by atoms with Gasteiger partial charge in [-0.25, -0.2) is 8.78 Å². The molecule has 9 heavy (non-hydrogen) atoms. The quantitative estimate of drug-likeness (QED) is 0.516. The summed E-state index contributed by atoms with van der Waals surface area (Å²) in [6.07, 6.45) is 2.48. The zero-order chi connectivity index (χ0) is 7.11. The fourth-order valence-corrected chi connectivity index (χ4v) is 0.452. The molecule has 0 fully saturated rings. The second kappa shape index (κ2) is 5.48. The van der Waals surface area contributed by atoms with Crippen molar-refractivity contribution in [2.45, 2.75) is 19.0 Å². The molecule has 0 heterocycles. The molecule has 0 amide bonds. The van der Waals surface area contributed by atoms with Crippen molar-refractivity contribution >= 4 is 0 Å². The zero-order valence-electron chi connectivity index (χ0n) is 5.19. The Kier molecular flexibility index (Phi) is 5.07. The molecule has 0 bridgehead atoms. The smallest absolute Gasteiger partial charge is 0.121 e. The van der Waals surface area contributed by atoms with E-state index < -0.39 is 6.17 Å². The van der Waals surface area contributed by atoms with Gasteiger partial charge in [-0.05, 0) is 18.9 Å². The van der Waals surface area contributed by atoms with Crippen LogP contribution < -0.4 is 0 Å². The second-order valence-corrected chi connectivity index (χ2v) is 1.70. The minimum absolute atomic E-state index is 0.230. The van der Waals surface area contributed by atoms with Crippen LogP contribution in [0.1, 0.15) is 12.8 Å². The van der Waals surface area contributed by atoms with Gasteiger partial charge < -0.3 is 0 Å². The Bertz CT molecular complexity index is 97.1. The van der Waals surface area contributed by atoms with Gasteiger partial charge in [-0.3, -0.25) is 0 Å². The number of halogens is 2. The highest BCUT2D eigenvalue weighted by Gasteiger charge is 1.97. The summed E-state index contributed by atoms with van der Waals surface area (Å²) < 4.78 is 23.4. The molecule has 0 aliphatic carbocycles. The molecule has 0 spiro atoms. The lowest BCUT2D eigenvalue weighted by Crippen LogP contribution is -1.91. The molecule has 0 nitrogen and oxygen atoms in total. The van der Waals surface area contributed by atoms with Gasteiger partial charge >= 0.3 is 0 Å². The highest BCUT2D eigenvalue weighted by atomic mass is 19.1. The first-order valence-electron chi connectivity index (χ1n) is 2.83. The van der Waals surface area contributed by atoms with Crippen LogP contribution in [-0.2, 0) is 0 Å². The fraction of sp³-hybridized carbons (Fsp3) is 0.429. The molecule has 0 aromatic heterocycles. The topological polar surface area (TPSA) is 0 Å². The molecule has 0 saturated heterocycles. The molecule has 0 rings (SSSR count). The molecule has 0 aromatic carbocycles. The third-order valence-corrected chi connectivity index (χ3v) is 0.928. The number of hydrogen-bond acceptors (Lipinski definition) is 0. The van der Waals surface area contributed by atoms with Gasteiger partial charge in [-0.1, -0.05) is 6.08 Å². The van der Waals surface area contributed by atoms with E-state index in [1.165, 1.54) is 0 Å². The molecule has 0 aliphatic rings. The van der Waals surface area contributed by atoms with Crippen molar-refractivity contribution in [3.63, 3.8) is 0 Å². The van der Waals surface area contributed by atoms with Gasteiger partial charge in [-0.15, -0.1) is 6.58 Å². The molecule has 0 saturated carbocycles. The van der Waals surface area contributed by atoms with Gasteiger partial charge in [0.1, 0.15) is 6.17 Å². The second-order valence-electron chi connectivity index (χ2n) is 1.70. The highest BCUT2D eigenvalue weighted by molar-refractivity contribution is 4.84. The first-order chi connectivity index (χ1) is 4.31. The predicted molar refractivity (Wildman–Crippen MR) is 34.6 cm³/mol. The van der Waals surface area contributed by atoms with Crippen LogP contribution in [0.3, 0.4) is 0 Å². The summed E-state index contributed by atoms with van der Waals surface area (Å²) >= 11 is 0. The lowest BCUT2D eigenvalue weighted by molar-refractivity contribution is 0.377. The number of hydrogen-bond donors (Lipinski definition) is 0. The van der Waals surface area contributed by atoms with Gasteiger partial charge in [0.15, 0.2) is 0 Å². The molecular weight excluding hydrogens is 122 g/mol. The molecule has 1 atom stereocenters. The van der Waals surface area contributed by atoms with Gasteiger partial charge in [0, 0.05) is 0 Å². The summed E-state index contributed by atoms with van der Waals surface area (Å²) in [5.74, 6) is 0. The Labute approximate surface area is 53.9 Å². The average molecular weight is 132 g/mol. The van der Waals surface area contributed by atoms with Crippen LogP contribution in [0.2, 0.25) is 0 Å². The Morgan fingerprint density at radius 2 is 2.22 bits per heavy atom. The Balaban J connectivity index is 3.25. The van der Waals surface area contributed by atoms with Crippen LogP contribution in [0, 0.1) is 0 Å². The van der Waals surface area contributed by atoms with Crippen LogP contribution in [0.4, 0.5) is 8.78 Å². The third kappa shape index (κ3) is 5.21. The number of alkyl halides is 1. The first kappa shape index (κ1) is 8.34. The van der Waals surface area contributed by atoms with E-state index in [9.17, 15) is 8.78 Å². The summed E-state index contributed by atoms with van der Waals surface area (Å²) in [6, 6.07) is 0. The van der Waals surface area contributed by atoms with Crippen LogP contribution in [0.15, 0.2) is 25.1 Å². The van der Waals surface area contributed by atoms with Crippen LogP contribution in [0.25, 0.3) is 0 Å². The van der Waals surface area contributed by atoms with Crippen LogP contribution in [0.5, 0.6) is 0 Å². The standard InChI is InChI=1S/C7H10F2/c1-2-3-4-7(9)5-6-8/h2,5-7H,1,3-4H2/b6-5+. The zero-order valence-corrected chi connectivity index (χ0v) is 5.19. The summed E-state index contributed by atoms with van der Waals surface area (Å²) in [7, 11) is 0. The molecule has 0 N–H and O–H groups in total. The van der Waals surface area contributed by atoms with E-state index in [-0.39, 0.29) is 6.33 Å². The van der Waals surface area contributed by atoms with Crippen LogP contribution >= 0.6 is 0 Å². The molecular formula is C7H10F2. The van der Waals surface area contributed by atoms with E-state index in [1.54, 1.807) is 6.08 Å². The molecule has 0 radical (unpaired) electrons. The Morgan fingerprint density at radius 3 is 2.67 bits per heavy atom. The lowest BCUT2D eigenvalue weighted by atomic mass is 10.2.